The van der Waals surface area contributed by atoms with E-state index in [2.05, 4.69) is 32.7 Å². The maximum atomic E-state index is 15.7. The van der Waals surface area contributed by atoms with Crippen molar-refractivity contribution < 1.29 is 33.1 Å². The van der Waals surface area contributed by atoms with Crippen LogP contribution in [0.2, 0.25) is 0 Å². The zero-order valence-corrected chi connectivity index (χ0v) is 42.5. The smallest absolute Gasteiger partial charge is 0.410 e. The number of ether oxygens (including phenoxy) is 1. The highest BCUT2D eigenvalue weighted by molar-refractivity contribution is 6.00. The van der Waals surface area contributed by atoms with Crippen molar-refractivity contribution in [3.8, 4) is 11.8 Å². The van der Waals surface area contributed by atoms with Gasteiger partial charge in [-0.1, -0.05) is 54.3 Å². The number of amides is 5. The van der Waals surface area contributed by atoms with E-state index in [-0.39, 0.29) is 66.3 Å². The maximum absolute atomic E-state index is 15.7. The first kappa shape index (κ1) is 50.9. The van der Waals surface area contributed by atoms with E-state index in [1.165, 1.54) is 4.57 Å². The largest absolute Gasteiger partial charge is 0.444 e. The fourth-order valence-corrected chi connectivity index (χ4v) is 10.8. The predicted octanol–water partition coefficient (Wildman–Crippen LogP) is 7.58. The van der Waals surface area contributed by atoms with Gasteiger partial charge in [-0.15, -0.1) is 0 Å². The summed E-state index contributed by atoms with van der Waals surface area (Å²) in [5.41, 5.74) is 4.75. The number of aryl methyl sites for hydroxylation is 1. The van der Waals surface area contributed by atoms with Crippen LogP contribution in [0.5, 0.6) is 0 Å². The number of nitrogens with one attached hydrogen (secondary N) is 3. The number of unbranched alkanes of at least 4 members (excludes halogenated alkanes) is 1. The van der Waals surface area contributed by atoms with Gasteiger partial charge in [0.1, 0.15) is 17.8 Å². The third-order valence-corrected chi connectivity index (χ3v) is 14.9. The van der Waals surface area contributed by atoms with E-state index in [9.17, 15) is 28.8 Å². The van der Waals surface area contributed by atoms with Crippen LogP contribution >= 0.6 is 0 Å². The number of halogens is 1. The zero-order valence-electron chi connectivity index (χ0n) is 42.5. The van der Waals surface area contributed by atoms with Crippen molar-refractivity contribution >= 4 is 57.2 Å². The number of alkyl halides is 1. The molecule has 16 heteroatoms. The number of likely N-dealkylation sites (tertiary alicyclic amines) is 3. The molecule has 5 heterocycles. The molecular formula is C57H67FN8O7. The second-order valence-electron chi connectivity index (χ2n) is 21.3. The monoisotopic (exact) mass is 995 g/mol. The van der Waals surface area contributed by atoms with Crippen molar-refractivity contribution in [1.29, 1.82) is 0 Å². The van der Waals surface area contributed by atoms with E-state index in [1.54, 1.807) is 22.6 Å². The fourth-order valence-electron chi connectivity index (χ4n) is 10.8. The molecule has 9 rings (SSSR count). The molecule has 4 atom stereocenters. The van der Waals surface area contributed by atoms with Crippen LogP contribution in [0.25, 0.3) is 21.8 Å². The predicted molar refractivity (Wildman–Crippen MR) is 279 cm³/mol. The molecule has 3 N–H and O–H groups in total. The molecule has 0 aliphatic carbocycles. The van der Waals surface area contributed by atoms with Crippen molar-refractivity contribution in [2.75, 3.05) is 51.1 Å². The Morgan fingerprint density at radius 1 is 0.849 bits per heavy atom. The lowest BCUT2D eigenvalue weighted by Gasteiger charge is -2.40. The Morgan fingerprint density at radius 3 is 2.36 bits per heavy atom. The van der Waals surface area contributed by atoms with Crippen molar-refractivity contribution in [2.24, 2.45) is 13.0 Å². The van der Waals surface area contributed by atoms with Crippen LogP contribution in [-0.4, -0.2) is 117 Å². The summed E-state index contributed by atoms with van der Waals surface area (Å²) >= 11 is 0. The molecule has 5 aromatic rings. The van der Waals surface area contributed by atoms with Gasteiger partial charge in [-0.3, -0.25) is 33.6 Å². The molecule has 15 nitrogen and oxygen atoms in total. The standard InChI is InChI=1S/C57H67FN8O7/c1-36(59-53(69)41-11-10-12-42(31-41)60-43-33-65(34-43)56(72)73-57(2,3)4)44-20-18-38(45-13-6-7-14-46(44)45)16-17-39-24-28-63(35-47(39)58)27-9-8-15-52(68)64-29-25-37(26-30-64)40-19-21-48-50(32-40)62(5)55(71)66(48)49-22-23-51(67)61-54(49)70/h6-7,10-14,18-21,31-32,36-37,39,43,47,49,60H,8-9,15,22-30,33-35H2,1-5H3,(H,59,69)(H,61,67,70)/t36-,39?,47?,49?/m1/s1. The summed E-state index contributed by atoms with van der Waals surface area (Å²) in [7, 11) is 1.70. The van der Waals surface area contributed by atoms with Gasteiger partial charge in [-0.2, -0.15) is 0 Å². The van der Waals surface area contributed by atoms with Crippen molar-refractivity contribution in [2.45, 2.75) is 115 Å². The topological polar surface area (TPSA) is 167 Å². The van der Waals surface area contributed by atoms with E-state index in [0.29, 0.717) is 56.6 Å². The second-order valence-corrected chi connectivity index (χ2v) is 21.3. The van der Waals surface area contributed by atoms with Crippen LogP contribution < -0.4 is 21.6 Å². The summed E-state index contributed by atoms with van der Waals surface area (Å²) in [6, 6.07) is 24.2. The minimum absolute atomic E-state index is 0.0568. The Hall–Kier alpha value is -6.99. The zero-order chi connectivity index (χ0) is 51.6. The summed E-state index contributed by atoms with van der Waals surface area (Å²) < 4.78 is 24.2. The number of piperidine rings is 3. The van der Waals surface area contributed by atoms with Gasteiger partial charge in [0.2, 0.25) is 17.7 Å². The minimum atomic E-state index is -1.09. The van der Waals surface area contributed by atoms with E-state index < -0.39 is 23.7 Å². The molecule has 4 aliphatic rings. The summed E-state index contributed by atoms with van der Waals surface area (Å²) in [6.07, 6.45) is 3.30. The van der Waals surface area contributed by atoms with Crippen LogP contribution in [0.15, 0.2) is 83.7 Å². The lowest BCUT2D eigenvalue weighted by atomic mass is 9.89. The number of carbonyl (C=O) groups excluding carboxylic acids is 5. The Balaban J connectivity index is 0.711. The first-order valence-electron chi connectivity index (χ1n) is 25.9. The van der Waals surface area contributed by atoms with Gasteiger partial charge in [0.15, 0.2) is 0 Å². The van der Waals surface area contributed by atoms with Crippen molar-refractivity contribution in [1.82, 2.24) is 34.5 Å². The van der Waals surface area contributed by atoms with Gasteiger partial charge >= 0.3 is 11.8 Å². The molecule has 1 aromatic heterocycles. The maximum Gasteiger partial charge on any atom is 0.410 e. The summed E-state index contributed by atoms with van der Waals surface area (Å²) in [5.74, 6) is 5.59. The molecule has 5 amide bonds. The third-order valence-electron chi connectivity index (χ3n) is 14.9. The first-order chi connectivity index (χ1) is 35.0. The van der Waals surface area contributed by atoms with Gasteiger partial charge in [0, 0.05) is 69.4 Å². The molecular weight excluding hydrogens is 928 g/mol. The van der Waals surface area contributed by atoms with E-state index in [4.69, 9.17) is 4.74 Å². The average Bonchev–Trinajstić information content (AvgIpc) is 3.60. The number of rotatable bonds is 12. The van der Waals surface area contributed by atoms with Crippen molar-refractivity contribution in [3.63, 3.8) is 0 Å². The Kier molecular flexibility index (Phi) is 15.1. The third kappa shape index (κ3) is 11.6. The SMILES string of the molecule is C[C@@H](NC(=O)c1cccc(NC2CN(C(=O)OC(C)(C)C)C2)c1)c1ccc(C#CC2CCN(CCCCC(=O)N3CCC(c4ccc5c(c4)n(C)c(=O)n5C4CCC(=O)NC4=O)CC3)CC2F)c2ccccc12. The summed E-state index contributed by atoms with van der Waals surface area (Å²) in [4.78, 5) is 82.5. The number of imidazole rings is 1. The molecule has 4 saturated heterocycles. The second kappa shape index (κ2) is 21.6. The van der Waals surface area contributed by atoms with Gasteiger partial charge in [-0.25, -0.2) is 14.0 Å². The summed E-state index contributed by atoms with van der Waals surface area (Å²) in [6.45, 7) is 11.6. The van der Waals surface area contributed by atoms with Gasteiger partial charge in [0.05, 0.1) is 29.0 Å². The number of anilines is 1. The van der Waals surface area contributed by atoms with Gasteiger partial charge in [-0.05, 0) is 144 Å². The number of benzene rings is 4. The molecule has 0 saturated carbocycles. The summed E-state index contributed by atoms with van der Waals surface area (Å²) in [5, 5.41) is 10.9. The van der Waals surface area contributed by atoms with Crippen molar-refractivity contribution in [3.05, 3.63) is 112 Å². The Labute approximate surface area is 425 Å². The van der Waals surface area contributed by atoms with E-state index >= 15 is 4.39 Å². The van der Waals surface area contributed by atoms with Gasteiger partial charge in [0.25, 0.3) is 5.91 Å². The number of carbonyl (C=O) groups is 5. The molecule has 0 spiro atoms. The molecule has 73 heavy (non-hydrogen) atoms. The molecule has 0 radical (unpaired) electrons. The normalized spacial score (nSPS) is 20.5. The molecule has 4 aromatic carbocycles. The lowest BCUT2D eigenvalue weighted by molar-refractivity contribution is -0.136. The van der Waals surface area contributed by atoms with Crippen LogP contribution in [0.1, 0.15) is 124 Å². The van der Waals surface area contributed by atoms with E-state index in [0.717, 1.165) is 77.4 Å². The highest BCUT2D eigenvalue weighted by Gasteiger charge is 2.35. The van der Waals surface area contributed by atoms with E-state index in [1.807, 2.05) is 105 Å². The molecule has 4 fully saturated rings. The first-order valence-corrected chi connectivity index (χ1v) is 25.9. The minimum Gasteiger partial charge on any atom is -0.444 e. The highest BCUT2D eigenvalue weighted by atomic mass is 19.1. The number of aromatic nitrogens is 2. The number of hydrogen-bond acceptors (Lipinski definition) is 9. The number of hydrogen-bond donors (Lipinski definition) is 3. The molecule has 384 valence electrons. The number of imide groups is 1. The van der Waals surface area contributed by atoms with Crippen LogP contribution in [0.3, 0.4) is 0 Å². The molecule has 0 bridgehead atoms. The average molecular weight is 995 g/mol. The Bertz CT molecular complexity index is 3040. The number of nitrogens with zero attached hydrogens (tertiary/aromatic N) is 5. The van der Waals surface area contributed by atoms with Crippen LogP contribution in [0, 0.1) is 17.8 Å². The number of fused-ring (bicyclic) bond motifs is 2. The molecule has 3 unspecified atom stereocenters. The van der Waals surface area contributed by atoms with Gasteiger partial charge < -0.3 is 30.1 Å². The Morgan fingerprint density at radius 2 is 1.62 bits per heavy atom. The fraction of sp³-hybridized carbons (Fsp3) is 0.474. The molecule has 4 aliphatic heterocycles. The highest BCUT2D eigenvalue weighted by Crippen LogP contribution is 2.33. The van der Waals surface area contributed by atoms with Crippen LogP contribution in [0.4, 0.5) is 14.9 Å². The quantitative estimate of drug-likeness (QED) is 0.0649. The lowest BCUT2D eigenvalue weighted by Crippen LogP contribution is -2.57. The van der Waals surface area contributed by atoms with Crippen LogP contribution in [-0.2, 0) is 26.2 Å².